The first-order valence-electron chi connectivity index (χ1n) is 11.0. The smallest absolute Gasteiger partial charge is 0.264 e. The Bertz CT molecular complexity index is 1360. The van der Waals surface area contributed by atoms with Crippen LogP contribution in [-0.4, -0.2) is 39.7 Å². The van der Waals surface area contributed by atoms with Crippen LogP contribution in [0.3, 0.4) is 0 Å². The summed E-state index contributed by atoms with van der Waals surface area (Å²) < 4.78 is 67.4. The number of rotatable bonds is 7. The van der Waals surface area contributed by atoms with Crippen molar-refractivity contribution in [2.24, 2.45) is 0 Å². The summed E-state index contributed by atoms with van der Waals surface area (Å²) >= 11 is 5.99. The summed E-state index contributed by atoms with van der Waals surface area (Å²) in [6.45, 7) is 3.74. The number of carbonyl (C=O) groups is 1. The Morgan fingerprint density at radius 2 is 1.89 bits per heavy atom. The molecule has 7 nitrogen and oxygen atoms in total. The highest BCUT2D eigenvalue weighted by Gasteiger charge is 2.35. The van der Waals surface area contributed by atoms with Crippen molar-refractivity contribution in [2.75, 3.05) is 22.8 Å². The van der Waals surface area contributed by atoms with Crippen LogP contribution in [0.4, 0.5) is 20.2 Å². The summed E-state index contributed by atoms with van der Waals surface area (Å²) in [5.41, 5.74) is 0.00485. The van der Waals surface area contributed by atoms with Gasteiger partial charge in [-0.3, -0.25) is 9.10 Å². The molecule has 4 rings (SSSR count). The van der Waals surface area contributed by atoms with Gasteiger partial charge in [-0.15, -0.1) is 0 Å². The number of fused-ring (bicyclic) bond motifs is 1. The summed E-state index contributed by atoms with van der Waals surface area (Å²) in [6.07, 6.45) is -0.715. The molecular formula is C25H23ClF2N2O5S. The van der Waals surface area contributed by atoms with Crippen molar-refractivity contribution < 1.29 is 31.5 Å². The van der Waals surface area contributed by atoms with E-state index in [4.69, 9.17) is 21.1 Å². The van der Waals surface area contributed by atoms with Gasteiger partial charge in [0.15, 0.2) is 0 Å². The van der Waals surface area contributed by atoms with Crippen LogP contribution in [0.2, 0.25) is 5.02 Å². The zero-order chi connectivity index (χ0) is 26.0. The fourth-order valence-corrected chi connectivity index (χ4v) is 5.39. The lowest BCUT2D eigenvalue weighted by Gasteiger charge is -2.36. The topological polar surface area (TPSA) is 84.9 Å². The van der Waals surface area contributed by atoms with E-state index in [1.165, 1.54) is 42.5 Å². The van der Waals surface area contributed by atoms with Gasteiger partial charge in [-0.05, 0) is 68.4 Å². The van der Waals surface area contributed by atoms with E-state index < -0.39 is 33.7 Å². The third-order valence-electron chi connectivity index (χ3n) is 5.36. The van der Waals surface area contributed by atoms with E-state index in [0.717, 1.165) is 22.5 Å². The minimum atomic E-state index is -4.14. The summed E-state index contributed by atoms with van der Waals surface area (Å²) in [4.78, 5) is 12.6. The van der Waals surface area contributed by atoms with Gasteiger partial charge in [0, 0.05) is 5.69 Å². The Morgan fingerprint density at radius 3 is 2.56 bits per heavy atom. The quantitative estimate of drug-likeness (QED) is 0.446. The van der Waals surface area contributed by atoms with Gasteiger partial charge in [-0.25, -0.2) is 17.2 Å². The monoisotopic (exact) mass is 536 g/mol. The molecule has 11 heteroatoms. The average Bonchev–Trinajstić information content (AvgIpc) is 2.82. The highest BCUT2D eigenvalue weighted by Crippen LogP contribution is 2.39. The predicted octanol–water partition coefficient (Wildman–Crippen LogP) is 5.25. The molecule has 190 valence electrons. The zero-order valence-electron chi connectivity index (χ0n) is 19.4. The lowest BCUT2D eigenvalue weighted by Crippen LogP contribution is -2.45. The number of ether oxygens (including phenoxy) is 2. The van der Waals surface area contributed by atoms with Crippen LogP contribution in [0.5, 0.6) is 5.75 Å². The second-order valence-electron chi connectivity index (χ2n) is 8.35. The van der Waals surface area contributed by atoms with E-state index in [-0.39, 0.29) is 51.9 Å². The second-order valence-corrected chi connectivity index (χ2v) is 10.6. The van der Waals surface area contributed by atoms with E-state index in [0.29, 0.717) is 0 Å². The van der Waals surface area contributed by atoms with Crippen LogP contribution in [-0.2, 0) is 14.8 Å². The second kappa shape index (κ2) is 10.4. The minimum Gasteiger partial charge on any atom is -0.484 e. The van der Waals surface area contributed by atoms with Crippen molar-refractivity contribution in [3.63, 3.8) is 0 Å². The van der Waals surface area contributed by atoms with Crippen molar-refractivity contribution in [2.45, 2.75) is 31.0 Å². The summed E-state index contributed by atoms with van der Waals surface area (Å²) in [5.74, 6) is -1.93. The van der Waals surface area contributed by atoms with Crippen molar-refractivity contribution in [1.82, 2.24) is 0 Å². The Labute approximate surface area is 212 Å². The van der Waals surface area contributed by atoms with Gasteiger partial charge in [0.05, 0.1) is 40.4 Å². The number of halogens is 3. The lowest BCUT2D eigenvalue weighted by atomic mass is 10.1. The van der Waals surface area contributed by atoms with E-state index in [1.807, 2.05) is 13.8 Å². The number of nitrogens with zero attached hydrogens (tertiary/aromatic N) is 1. The molecule has 1 unspecified atom stereocenters. The molecule has 1 aliphatic rings. The Balaban J connectivity index is 1.71. The molecule has 1 amide bonds. The molecule has 3 aromatic carbocycles. The van der Waals surface area contributed by atoms with Gasteiger partial charge in [0.25, 0.3) is 15.9 Å². The highest BCUT2D eigenvalue weighted by molar-refractivity contribution is 7.92. The summed E-state index contributed by atoms with van der Waals surface area (Å²) in [5, 5.41) is 2.48. The summed E-state index contributed by atoms with van der Waals surface area (Å²) in [6, 6.07) is 12.7. The van der Waals surface area contributed by atoms with E-state index in [9.17, 15) is 22.0 Å². The van der Waals surface area contributed by atoms with Crippen molar-refractivity contribution in [3.05, 3.63) is 82.9 Å². The molecule has 0 bridgehead atoms. The number of amides is 1. The maximum atomic E-state index is 14.2. The van der Waals surface area contributed by atoms with Crippen LogP contribution in [0.25, 0.3) is 0 Å². The first-order valence-corrected chi connectivity index (χ1v) is 12.8. The van der Waals surface area contributed by atoms with Gasteiger partial charge >= 0.3 is 0 Å². The number of hydrogen-bond donors (Lipinski definition) is 1. The molecule has 0 aliphatic carbocycles. The standard InChI is InChI=1S/C25H23ClF2N2O5S/c1-15(2)34-14-18-13-30(36(32,33)19-9-6-16(27)7-10-19)22-12-17(8-11-23(22)35-18)29-25(31)24-20(26)4-3-5-21(24)28/h3-12,15,18H,13-14H2,1-2H3,(H,29,31). The molecule has 0 aromatic heterocycles. The molecule has 0 fully saturated rings. The number of benzene rings is 3. The van der Waals surface area contributed by atoms with Crippen molar-refractivity contribution in [1.29, 1.82) is 0 Å². The van der Waals surface area contributed by atoms with E-state index in [2.05, 4.69) is 5.32 Å². The maximum absolute atomic E-state index is 14.2. The van der Waals surface area contributed by atoms with Crippen LogP contribution in [0.1, 0.15) is 24.2 Å². The van der Waals surface area contributed by atoms with E-state index >= 15 is 0 Å². The first-order chi connectivity index (χ1) is 17.1. The number of nitrogens with one attached hydrogen (secondary N) is 1. The molecule has 1 atom stereocenters. The number of carbonyl (C=O) groups excluding carboxylic acids is 1. The number of anilines is 2. The van der Waals surface area contributed by atoms with Crippen LogP contribution < -0.4 is 14.4 Å². The van der Waals surface area contributed by atoms with Gasteiger partial charge in [-0.2, -0.15) is 0 Å². The molecule has 1 heterocycles. The molecular weight excluding hydrogens is 514 g/mol. The average molecular weight is 537 g/mol. The fourth-order valence-electron chi connectivity index (χ4n) is 3.65. The largest absolute Gasteiger partial charge is 0.484 e. The van der Waals surface area contributed by atoms with Crippen molar-refractivity contribution in [3.8, 4) is 5.75 Å². The molecule has 0 spiro atoms. The SMILES string of the molecule is CC(C)OCC1CN(S(=O)(=O)c2ccc(F)cc2)c2cc(NC(=O)c3c(F)cccc3Cl)ccc2O1. The first kappa shape index (κ1) is 25.9. The third kappa shape index (κ3) is 5.45. The molecule has 0 radical (unpaired) electrons. The molecule has 1 N–H and O–H groups in total. The lowest BCUT2D eigenvalue weighted by molar-refractivity contribution is 0.0175. The zero-order valence-corrected chi connectivity index (χ0v) is 20.9. The number of sulfonamides is 1. The molecule has 0 saturated heterocycles. The van der Waals surface area contributed by atoms with Crippen LogP contribution in [0.15, 0.2) is 65.6 Å². The Morgan fingerprint density at radius 1 is 1.17 bits per heavy atom. The minimum absolute atomic E-state index is 0.0673. The predicted molar refractivity (Wildman–Crippen MR) is 132 cm³/mol. The number of hydrogen-bond acceptors (Lipinski definition) is 5. The van der Waals surface area contributed by atoms with Gasteiger partial charge in [0.1, 0.15) is 23.5 Å². The van der Waals surface area contributed by atoms with Crippen LogP contribution >= 0.6 is 11.6 Å². The fraction of sp³-hybridized carbons (Fsp3) is 0.240. The molecule has 36 heavy (non-hydrogen) atoms. The molecule has 0 saturated carbocycles. The highest BCUT2D eigenvalue weighted by atomic mass is 35.5. The van der Waals surface area contributed by atoms with Crippen molar-refractivity contribution >= 4 is 38.9 Å². The van der Waals surface area contributed by atoms with Gasteiger partial charge in [0.2, 0.25) is 0 Å². The van der Waals surface area contributed by atoms with Gasteiger partial charge in [-0.1, -0.05) is 17.7 Å². The molecule has 1 aliphatic heterocycles. The van der Waals surface area contributed by atoms with E-state index in [1.54, 1.807) is 0 Å². The Hall–Kier alpha value is -3.21. The Kier molecular flexibility index (Phi) is 7.49. The maximum Gasteiger partial charge on any atom is 0.264 e. The van der Waals surface area contributed by atoms with Crippen LogP contribution in [0, 0.1) is 11.6 Å². The normalized spacial score (nSPS) is 15.4. The van der Waals surface area contributed by atoms with Gasteiger partial charge < -0.3 is 14.8 Å². The summed E-state index contributed by atoms with van der Waals surface area (Å²) in [7, 11) is -4.14. The third-order valence-corrected chi connectivity index (χ3v) is 7.46. The molecule has 3 aromatic rings.